The Morgan fingerprint density at radius 3 is 1.78 bits per heavy atom. The van der Waals surface area contributed by atoms with Crippen molar-refractivity contribution < 1.29 is 8.42 Å². The summed E-state index contributed by atoms with van der Waals surface area (Å²) in [5, 5.41) is 0. The lowest BCUT2D eigenvalue weighted by Gasteiger charge is -2.38. The maximum Gasteiger partial charge on any atom is 0.207 e. The topological polar surface area (TPSA) is 47.0 Å². The zero-order valence-corrected chi connectivity index (χ0v) is 13.4. The third kappa shape index (κ3) is 1.82. The van der Waals surface area contributed by atoms with Crippen LogP contribution in [0.3, 0.4) is 0 Å². The predicted octanol–water partition coefficient (Wildman–Crippen LogP) is 3.58. The van der Waals surface area contributed by atoms with E-state index in [9.17, 15) is 8.42 Å². The summed E-state index contributed by atoms with van der Waals surface area (Å²) in [5.74, 6) is 0. The minimum absolute atomic E-state index is 0.387. The van der Waals surface area contributed by atoms with Crippen molar-refractivity contribution in [3.63, 3.8) is 0 Å². The van der Waals surface area contributed by atoms with Crippen molar-refractivity contribution in [3.8, 4) is 0 Å². The molecule has 23 heavy (non-hydrogen) atoms. The van der Waals surface area contributed by atoms with Crippen LogP contribution in [-0.2, 0) is 15.3 Å². The molecule has 0 saturated carbocycles. The minimum atomic E-state index is -3.50. The standard InChI is InChI=1S/C19H15NO2S/c1-19(14-10-12-20-13-11-14)15-6-2-4-8-17(15)23(21,22)18-9-5-3-7-16(18)19/h2-13H,1H3. The monoisotopic (exact) mass is 321 g/mol. The van der Waals surface area contributed by atoms with Crippen LogP contribution in [0.15, 0.2) is 82.8 Å². The SMILES string of the molecule is CC1(c2ccncc2)c2ccccc2S(=O)(=O)c2ccccc21. The highest BCUT2D eigenvalue weighted by Crippen LogP contribution is 2.48. The number of benzene rings is 2. The number of pyridine rings is 1. The number of sulfone groups is 1. The first-order valence-corrected chi connectivity index (χ1v) is 8.89. The van der Waals surface area contributed by atoms with Crippen LogP contribution in [0.1, 0.15) is 23.6 Å². The normalized spacial score (nSPS) is 17.1. The van der Waals surface area contributed by atoms with Crippen LogP contribution in [0.2, 0.25) is 0 Å². The van der Waals surface area contributed by atoms with Crippen LogP contribution < -0.4 is 0 Å². The molecule has 0 atom stereocenters. The third-order valence-electron chi connectivity index (χ3n) is 4.69. The Hall–Kier alpha value is -2.46. The second-order valence-electron chi connectivity index (χ2n) is 5.86. The Kier molecular flexibility index (Phi) is 2.93. The van der Waals surface area contributed by atoms with E-state index >= 15 is 0 Å². The van der Waals surface area contributed by atoms with E-state index in [0.717, 1.165) is 16.7 Å². The van der Waals surface area contributed by atoms with Crippen molar-refractivity contribution in [1.82, 2.24) is 4.98 Å². The highest BCUT2D eigenvalue weighted by molar-refractivity contribution is 7.91. The van der Waals surface area contributed by atoms with Crippen LogP contribution in [-0.4, -0.2) is 13.4 Å². The summed E-state index contributed by atoms with van der Waals surface area (Å²) in [6.07, 6.45) is 3.49. The van der Waals surface area contributed by atoms with E-state index in [1.807, 2.05) is 36.4 Å². The molecule has 3 aromatic rings. The molecule has 2 heterocycles. The van der Waals surface area contributed by atoms with Gasteiger partial charge in [-0.1, -0.05) is 36.4 Å². The average molecular weight is 321 g/mol. The number of rotatable bonds is 1. The average Bonchev–Trinajstić information content (AvgIpc) is 2.61. The molecule has 0 amide bonds. The lowest BCUT2D eigenvalue weighted by molar-refractivity contribution is 0.570. The van der Waals surface area contributed by atoms with Gasteiger partial charge in [-0.05, 0) is 47.9 Å². The van der Waals surface area contributed by atoms with E-state index in [1.54, 1.807) is 36.7 Å². The lowest BCUT2D eigenvalue weighted by atomic mass is 9.71. The summed E-state index contributed by atoms with van der Waals surface area (Å²) in [7, 11) is -3.50. The molecule has 0 aliphatic carbocycles. The highest BCUT2D eigenvalue weighted by Gasteiger charge is 2.43. The Bertz CT molecular complexity index is 941. The molecule has 1 aliphatic heterocycles. The van der Waals surface area contributed by atoms with Gasteiger partial charge in [0.25, 0.3) is 0 Å². The fourth-order valence-corrected chi connectivity index (χ4v) is 5.36. The van der Waals surface area contributed by atoms with Crippen LogP contribution in [0.4, 0.5) is 0 Å². The minimum Gasteiger partial charge on any atom is -0.265 e. The van der Waals surface area contributed by atoms with Gasteiger partial charge in [-0.3, -0.25) is 4.98 Å². The van der Waals surface area contributed by atoms with Gasteiger partial charge in [0.05, 0.1) is 9.79 Å². The van der Waals surface area contributed by atoms with Gasteiger partial charge < -0.3 is 0 Å². The van der Waals surface area contributed by atoms with Crippen LogP contribution >= 0.6 is 0 Å². The van der Waals surface area contributed by atoms with Crippen molar-refractivity contribution in [2.45, 2.75) is 22.1 Å². The van der Waals surface area contributed by atoms with E-state index in [1.165, 1.54) is 0 Å². The Morgan fingerprint density at radius 1 is 0.783 bits per heavy atom. The largest absolute Gasteiger partial charge is 0.265 e. The molecule has 0 spiro atoms. The van der Waals surface area contributed by atoms with E-state index < -0.39 is 15.3 Å². The van der Waals surface area contributed by atoms with Gasteiger partial charge in [0.1, 0.15) is 0 Å². The molecule has 3 nitrogen and oxygen atoms in total. The Labute approximate surface area is 135 Å². The molecule has 0 unspecified atom stereocenters. The predicted molar refractivity (Wildman–Crippen MR) is 88.1 cm³/mol. The molecule has 0 saturated heterocycles. The molecule has 0 bridgehead atoms. The number of fused-ring (bicyclic) bond motifs is 2. The summed E-state index contributed by atoms with van der Waals surface area (Å²) in [6.45, 7) is 2.08. The zero-order valence-electron chi connectivity index (χ0n) is 12.6. The Morgan fingerprint density at radius 2 is 1.26 bits per heavy atom. The molecule has 4 heteroatoms. The van der Waals surface area contributed by atoms with Crippen molar-refractivity contribution >= 4 is 9.84 Å². The molecular weight excluding hydrogens is 306 g/mol. The fourth-order valence-electron chi connectivity index (χ4n) is 3.49. The van der Waals surface area contributed by atoms with Crippen molar-refractivity contribution in [3.05, 3.63) is 89.7 Å². The summed E-state index contributed by atoms with van der Waals surface area (Å²) in [5.41, 5.74) is 2.12. The van der Waals surface area contributed by atoms with Gasteiger partial charge in [0.15, 0.2) is 0 Å². The first-order chi connectivity index (χ1) is 11.1. The third-order valence-corrected chi connectivity index (χ3v) is 6.56. The first kappa shape index (κ1) is 14.2. The maximum absolute atomic E-state index is 13.0. The van der Waals surface area contributed by atoms with Crippen LogP contribution in [0.25, 0.3) is 0 Å². The van der Waals surface area contributed by atoms with Crippen LogP contribution in [0.5, 0.6) is 0 Å². The summed E-state index contributed by atoms with van der Waals surface area (Å²) in [4.78, 5) is 4.87. The smallest absolute Gasteiger partial charge is 0.207 e. The van der Waals surface area contributed by atoms with Gasteiger partial charge in [0, 0.05) is 17.8 Å². The van der Waals surface area contributed by atoms with E-state index in [0.29, 0.717) is 9.79 Å². The number of aromatic nitrogens is 1. The number of hydrogen-bond donors (Lipinski definition) is 0. The second-order valence-corrected chi connectivity index (χ2v) is 7.74. The van der Waals surface area contributed by atoms with E-state index in [4.69, 9.17) is 0 Å². The molecule has 114 valence electrons. The zero-order chi connectivity index (χ0) is 16.1. The fraction of sp³-hybridized carbons (Fsp3) is 0.105. The van der Waals surface area contributed by atoms with E-state index in [2.05, 4.69) is 11.9 Å². The molecule has 4 rings (SSSR count). The van der Waals surface area contributed by atoms with Crippen molar-refractivity contribution in [2.75, 3.05) is 0 Å². The summed E-state index contributed by atoms with van der Waals surface area (Å²) in [6, 6.07) is 18.4. The van der Waals surface area contributed by atoms with Crippen molar-refractivity contribution in [1.29, 1.82) is 0 Å². The lowest BCUT2D eigenvalue weighted by Crippen LogP contribution is -2.33. The maximum atomic E-state index is 13.0. The molecule has 1 aromatic heterocycles. The molecule has 0 radical (unpaired) electrons. The van der Waals surface area contributed by atoms with Crippen LogP contribution in [0, 0.1) is 0 Å². The second kappa shape index (κ2) is 4.77. The Balaban J connectivity index is 2.18. The summed E-state index contributed by atoms with van der Waals surface area (Å²) >= 11 is 0. The highest BCUT2D eigenvalue weighted by atomic mass is 32.2. The van der Waals surface area contributed by atoms with Crippen molar-refractivity contribution in [2.24, 2.45) is 0 Å². The van der Waals surface area contributed by atoms with Gasteiger partial charge >= 0.3 is 0 Å². The summed E-state index contributed by atoms with van der Waals surface area (Å²) < 4.78 is 26.0. The van der Waals surface area contributed by atoms with Gasteiger partial charge in [-0.15, -0.1) is 0 Å². The molecule has 0 N–H and O–H groups in total. The number of nitrogens with zero attached hydrogens (tertiary/aromatic N) is 1. The van der Waals surface area contributed by atoms with Gasteiger partial charge in [-0.2, -0.15) is 0 Å². The van der Waals surface area contributed by atoms with Gasteiger partial charge in [0.2, 0.25) is 9.84 Å². The molecular formula is C19H15NO2S. The quantitative estimate of drug-likeness (QED) is 0.688. The molecule has 0 fully saturated rings. The molecule has 2 aromatic carbocycles. The van der Waals surface area contributed by atoms with E-state index in [-0.39, 0.29) is 0 Å². The number of hydrogen-bond acceptors (Lipinski definition) is 3. The molecule has 1 aliphatic rings. The first-order valence-electron chi connectivity index (χ1n) is 7.41. The van der Waals surface area contributed by atoms with Gasteiger partial charge in [-0.25, -0.2) is 8.42 Å².